The molecule has 0 saturated heterocycles. The van der Waals surface area contributed by atoms with E-state index in [0.717, 1.165) is 43.0 Å². The Bertz CT molecular complexity index is 882. The van der Waals surface area contributed by atoms with Gasteiger partial charge in [0.15, 0.2) is 0 Å². The van der Waals surface area contributed by atoms with E-state index in [1.807, 2.05) is 0 Å². The predicted molar refractivity (Wildman–Crippen MR) is 95.1 cm³/mol. The lowest BCUT2D eigenvalue weighted by Gasteiger charge is -2.12. The second kappa shape index (κ2) is 5.69. The summed E-state index contributed by atoms with van der Waals surface area (Å²) in [5.74, 6) is 1.05. The van der Waals surface area contributed by atoms with Crippen LogP contribution in [0.3, 0.4) is 0 Å². The molecule has 3 aromatic rings. The van der Waals surface area contributed by atoms with E-state index in [1.165, 1.54) is 27.5 Å². The molecule has 0 radical (unpaired) electrons. The maximum atomic E-state index is 5.84. The van der Waals surface area contributed by atoms with Gasteiger partial charge in [0.2, 0.25) is 0 Å². The summed E-state index contributed by atoms with van der Waals surface area (Å²) in [6.07, 6.45) is 3.01. The van der Waals surface area contributed by atoms with Gasteiger partial charge in [0.05, 0.1) is 12.3 Å². The Balaban J connectivity index is 1.99. The van der Waals surface area contributed by atoms with Crippen LogP contribution in [0.15, 0.2) is 42.5 Å². The lowest BCUT2D eigenvalue weighted by Crippen LogP contribution is -1.95. The summed E-state index contributed by atoms with van der Waals surface area (Å²) in [7, 11) is 0. The molecule has 1 aliphatic rings. The SMILES string of the molecule is CCc1cc2ccccc2c(-c2cc(CC)c3c(c2)OCC3)n1. The third kappa shape index (κ3) is 2.39. The van der Waals surface area contributed by atoms with Crippen LogP contribution in [0.2, 0.25) is 0 Å². The van der Waals surface area contributed by atoms with Gasteiger partial charge in [0.25, 0.3) is 0 Å². The Hall–Kier alpha value is -2.35. The summed E-state index contributed by atoms with van der Waals surface area (Å²) >= 11 is 0. The fourth-order valence-electron chi connectivity index (χ4n) is 3.49. The maximum Gasteiger partial charge on any atom is 0.123 e. The van der Waals surface area contributed by atoms with Gasteiger partial charge in [-0.25, -0.2) is 0 Å². The van der Waals surface area contributed by atoms with Gasteiger partial charge in [-0.05, 0) is 42.0 Å². The molecule has 0 saturated carbocycles. The number of fused-ring (bicyclic) bond motifs is 2. The molecule has 23 heavy (non-hydrogen) atoms. The summed E-state index contributed by atoms with van der Waals surface area (Å²) in [4.78, 5) is 4.93. The molecule has 0 aliphatic carbocycles. The zero-order valence-electron chi connectivity index (χ0n) is 13.7. The van der Waals surface area contributed by atoms with E-state index >= 15 is 0 Å². The van der Waals surface area contributed by atoms with Crippen molar-refractivity contribution >= 4 is 10.8 Å². The van der Waals surface area contributed by atoms with Gasteiger partial charge in [-0.15, -0.1) is 0 Å². The number of nitrogens with zero attached hydrogens (tertiary/aromatic N) is 1. The van der Waals surface area contributed by atoms with E-state index in [4.69, 9.17) is 9.72 Å². The minimum absolute atomic E-state index is 0.801. The normalized spacial score (nSPS) is 13.1. The number of aromatic nitrogens is 1. The fourth-order valence-corrected chi connectivity index (χ4v) is 3.49. The van der Waals surface area contributed by atoms with Crippen LogP contribution < -0.4 is 4.74 Å². The van der Waals surface area contributed by atoms with Crippen molar-refractivity contribution in [3.05, 3.63) is 59.3 Å². The van der Waals surface area contributed by atoms with Gasteiger partial charge < -0.3 is 4.74 Å². The molecule has 0 atom stereocenters. The average molecular weight is 303 g/mol. The Morgan fingerprint density at radius 1 is 1.04 bits per heavy atom. The molecule has 0 fully saturated rings. The van der Waals surface area contributed by atoms with E-state index in [2.05, 4.69) is 56.3 Å². The van der Waals surface area contributed by atoms with E-state index in [0.29, 0.717) is 0 Å². The first kappa shape index (κ1) is 14.3. The van der Waals surface area contributed by atoms with Gasteiger partial charge >= 0.3 is 0 Å². The molecule has 0 N–H and O–H groups in total. The summed E-state index contributed by atoms with van der Waals surface area (Å²) in [5, 5.41) is 2.47. The Morgan fingerprint density at radius 2 is 1.91 bits per heavy atom. The highest BCUT2D eigenvalue weighted by Crippen LogP contribution is 2.36. The van der Waals surface area contributed by atoms with E-state index < -0.39 is 0 Å². The Labute approximate surface area is 137 Å². The quantitative estimate of drug-likeness (QED) is 0.682. The number of pyridine rings is 1. The average Bonchev–Trinajstić information content (AvgIpc) is 3.08. The molecule has 1 aromatic heterocycles. The molecule has 2 heteroatoms. The van der Waals surface area contributed by atoms with Crippen molar-refractivity contribution in [3.63, 3.8) is 0 Å². The third-order valence-electron chi connectivity index (χ3n) is 4.72. The molecular weight excluding hydrogens is 282 g/mol. The van der Waals surface area contributed by atoms with Crippen LogP contribution in [0.5, 0.6) is 5.75 Å². The molecule has 0 spiro atoms. The Morgan fingerprint density at radius 3 is 2.74 bits per heavy atom. The zero-order valence-corrected chi connectivity index (χ0v) is 13.7. The first-order valence-electron chi connectivity index (χ1n) is 8.47. The molecule has 2 aromatic carbocycles. The summed E-state index contributed by atoms with van der Waals surface area (Å²) in [6, 6.07) is 15.2. The van der Waals surface area contributed by atoms with Crippen LogP contribution in [-0.2, 0) is 19.3 Å². The first-order chi connectivity index (χ1) is 11.3. The van der Waals surface area contributed by atoms with Crippen molar-refractivity contribution in [3.8, 4) is 17.0 Å². The van der Waals surface area contributed by atoms with Crippen LogP contribution >= 0.6 is 0 Å². The number of benzene rings is 2. The second-order valence-corrected chi connectivity index (χ2v) is 6.10. The van der Waals surface area contributed by atoms with Crippen LogP contribution in [0.4, 0.5) is 0 Å². The lowest BCUT2D eigenvalue weighted by molar-refractivity contribution is 0.357. The Kier molecular flexibility index (Phi) is 3.53. The van der Waals surface area contributed by atoms with Crippen molar-refractivity contribution in [2.24, 2.45) is 0 Å². The van der Waals surface area contributed by atoms with Crippen LogP contribution in [0.1, 0.15) is 30.7 Å². The largest absolute Gasteiger partial charge is 0.493 e. The first-order valence-corrected chi connectivity index (χ1v) is 8.47. The second-order valence-electron chi connectivity index (χ2n) is 6.10. The number of aryl methyl sites for hydroxylation is 2. The van der Waals surface area contributed by atoms with Crippen molar-refractivity contribution in [1.29, 1.82) is 0 Å². The van der Waals surface area contributed by atoms with Crippen LogP contribution in [0.25, 0.3) is 22.0 Å². The lowest BCUT2D eigenvalue weighted by atomic mass is 9.96. The fraction of sp³-hybridized carbons (Fsp3) is 0.286. The van der Waals surface area contributed by atoms with Gasteiger partial charge in [-0.2, -0.15) is 0 Å². The molecule has 2 heterocycles. The van der Waals surface area contributed by atoms with Crippen LogP contribution in [-0.4, -0.2) is 11.6 Å². The molecular formula is C21H21NO. The van der Waals surface area contributed by atoms with Gasteiger partial charge in [-0.1, -0.05) is 38.1 Å². The summed E-state index contributed by atoms with van der Waals surface area (Å²) in [6.45, 7) is 5.17. The number of hydrogen-bond acceptors (Lipinski definition) is 2. The molecule has 1 aliphatic heterocycles. The van der Waals surface area contributed by atoms with Gasteiger partial charge in [0, 0.05) is 28.6 Å². The smallest absolute Gasteiger partial charge is 0.123 e. The molecule has 4 rings (SSSR count). The van der Waals surface area contributed by atoms with E-state index in [-0.39, 0.29) is 0 Å². The number of ether oxygens (including phenoxy) is 1. The predicted octanol–water partition coefficient (Wildman–Crippen LogP) is 4.96. The third-order valence-corrected chi connectivity index (χ3v) is 4.72. The molecule has 0 bridgehead atoms. The maximum absolute atomic E-state index is 5.84. The minimum atomic E-state index is 0.801. The molecule has 0 unspecified atom stereocenters. The van der Waals surface area contributed by atoms with Crippen LogP contribution in [0, 0.1) is 0 Å². The zero-order chi connectivity index (χ0) is 15.8. The van der Waals surface area contributed by atoms with Gasteiger partial charge in [0.1, 0.15) is 5.75 Å². The van der Waals surface area contributed by atoms with Crippen molar-refractivity contribution in [2.75, 3.05) is 6.61 Å². The van der Waals surface area contributed by atoms with Crippen molar-refractivity contribution in [1.82, 2.24) is 4.98 Å². The minimum Gasteiger partial charge on any atom is -0.493 e. The van der Waals surface area contributed by atoms with E-state index in [9.17, 15) is 0 Å². The van der Waals surface area contributed by atoms with Crippen molar-refractivity contribution in [2.45, 2.75) is 33.1 Å². The highest BCUT2D eigenvalue weighted by Gasteiger charge is 2.18. The highest BCUT2D eigenvalue weighted by atomic mass is 16.5. The van der Waals surface area contributed by atoms with E-state index in [1.54, 1.807) is 0 Å². The standard InChI is InChI=1S/C21H21NO/c1-3-14-11-16(13-20-18(14)9-10-23-20)21-19-8-6-5-7-15(19)12-17(4-2)22-21/h5-8,11-13H,3-4,9-10H2,1-2H3. The number of rotatable bonds is 3. The summed E-state index contributed by atoms with van der Waals surface area (Å²) < 4.78 is 5.84. The molecule has 116 valence electrons. The molecule has 0 amide bonds. The monoisotopic (exact) mass is 303 g/mol. The number of hydrogen-bond donors (Lipinski definition) is 0. The van der Waals surface area contributed by atoms with Gasteiger partial charge in [-0.3, -0.25) is 4.98 Å². The van der Waals surface area contributed by atoms with Crippen molar-refractivity contribution < 1.29 is 4.74 Å². The molecule has 2 nitrogen and oxygen atoms in total. The topological polar surface area (TPSA) is 22.1 Å². The summed E-state index contributed by atoms with van der Waals surface area (Å²) in [5.41, 5.74) is 6.16. The highest BCUT2D eigenvalue weighted by molar-refractivity contribution is 5.95.